The lowest BCUT2D eigenvalue weighted by molar-refractivity contribution is 0.184. The summed E-state index contributed by atoms with van der Waals surface area (Å²) in [6, 6.07) is 14.0. The molecule has 5 heteroatoms. The molecule has 140 valence electrons. The molecule has 0 bridgehead atoms. The van der Waals surface area contributed by atoms with Gasteiger partial charge in [0.15, 0.2) is 0 Å². The summed E-state index contributed by atoms with van der Waals surface area (Å²) in [7, 11) is 4.04. The molecule has 0 fully saturated rings. The first kappa shape index (κ1) is 19.9. The van der Waals surface area contributed by atoms with E-state index in [1.165, 1.54) is 0 Å². The molecule has 0 radical (unpaired) electrons. The van der Waals surface area contributed by atoms with Gasteiger partial charge in [0.1, 0.15) is 0 Å². The molecule has 0 saturated heterocycles. The van der Waals surface area contributed by atoms with Crippen LogP contribution in [-0.2, 0) is 6.54 Å². The molecule has 2 aromatic rings. The lowest BCUT2D eigenvalue weighted by Crippen LogP contribution is -2.44. The molecule has 0 saturated carbocycles. The van der Waals surface area contributed by atoms with E-state index in [2.05, 4.69) is 34.3 Å². The molecule has 1 heterocycles. The molecule has 26 heavy (non-hydrogen) atoms. The van der Waals surface area contributed by atoms with Crippen molar-refractivity contribution in [3.8, 4) is 0 Å². The van der Waals surface area contributed by atoms with Gasteiger partial charge in [0.2, 0.25) is 0 Å². The van der Waals surface area contributed by atoms with Crippen molar-refractivity contribution < 1.29 is 4.79 Å². The van der Waals surface area contributed by atoms with Gasteiger partial charge in [-0.25, -0.2) is 4.79 Å². The molecular weight excluding hydrogens is 324 g/mol. The molecule has 0 spiro atoms. The van der Waals surface area contributed by atoms with E-state index in [1.807, 2.05) is 56.3 Å². The first-order chi connectivity index (χ1) is 12.5. The molecule has 0 aliphatic carbocycles. The zero-order valence-electron chi connectivity index (χ0n) is 16.3. The fourth-order valence-corrected chi connectivity index (χ4v) is 2.75. The van der Waals surface area contributed by atoms with Crippen LogP contribution in [-0.4, -0.2) is 48.0 Å². The fraction of sp³-hybridized carbons (Fsp3) is 0.429. The second kappa shape index (κ2) is 9.92. The van der Waals surface area contributed by atoms with Crippen molar-refractivity contribution in [2.75, 3.05) is 27.2 Å². The Morgan fingerprint density at radius 1 is 1.15 bits per heavy atom. The highest BCUT2D eigenvalue weighted by molar-refractivity contribution is 5.74. The first-order valence-electron chi connectivity index (χ1n) is 9.16. The molecule has 1 atom stereocenters. The molecule has 1 aromatic carbocycles. The van der Waals surface area contributed by atoms with Crippen LogP contribution in [0.15, 0.2) is 48.7 Å². The molecule has 0 aliphatic heterocycles. The number of amides is 2. The summed E-state index contributed by atoms with van der Waals surface area (Å²) in [4.78, 5) is 21.4. The third-order valence-corrected chi connectivity index (χ3v) is 4.32. The quantitative estimate of drug-likeness (QED) is 0.788. The highest BCUT2D eigenvalue weighted by Gasteiger charge is 2.19. The van der Waals surface area contributed by atoms with E-state index in [9.17, 15) is 4.79 Å². The molecule has 2 rings (SSSR count). The van der Waals surface area contributed by atoms with Gasteiger partial charge in [0, 0.05) is 25.8 Å². The topological polar surface area (TPSA) is 48.5 Å². The molecule has 5 nitrogen and oxygen atoms in total. The molecule has 1 unspecified atom stereocenters. The van der Waals surface area contributed by atoms with E-state index < -0.39 is 0 Å². The minimum absolute atomic E-state index is 0.0501. The van der Waals surface area contributed by atoms with Crippen molar-refractivity contribution in [1.29, 1.82) is 0 Å². The Kier molecular flexibility index (Phi) is 7.60. The van der Waals surface area contributed by atoms with E-state index in [-0.39, 0.29) is 12.1 Å². The van der Waals surface area contributed by atoms with E-state index in [1.54, 1.807) is 6.20 Å². The summed E-state index contributed by atoms with van der Waals surface area (Å²) >= 11 is 0. The van der Waals surface area contributed by atoms with Crippen LogP contribution in [0.2, 0.25) is 0 Å². The lowest BCUT2D eigenvalue weighted by atomic mass is 10.1. The van der Waals surface area contributed by atoms with Crippen LogP contribution < -0.4 is 5.32 Å². The zero-order valence-corrected chi connectivity index (χ0v) is 16.3. The van der Waals surface area contributed by atoms with Gasteiger partial charge >= 0.3 is 6.03 Å². The van der Waals surface area contributed by atoms with Crippen LogP contribution in [0.25, 0.3) is 0 Å². The maximum absolute atomic E-state index is 13.0. The van der Waals surface area contributed by atoms with Crippen LogP contribution >= 0.6 is 0 Å². The number of aryl methyl sites for hydroxylation is 1. The highest BCUT2D eigenvalue weighted by Crippen LogP contribution is 2.16. The summed E-state index contributed by atoms with van der Waals surface area (Å²) in [5.41, 5.74) is 3.19. The molecule has 1 aromatic heterocycles. The number of benzene rings is 1. The Bertz CT molecular complexity index is 687. The number of rotatable bonds is 8. The summed E-state index contributed by atoms with van der Waals surface area (Å²) in [6.45, 7) is 6.19. The average molecular weight is 354 g/mol. The summed E-state index contributed by atoms with van der Waals surface area (Å²) in [5, 5.41) is 3.16. The van der Waals surface area contributed by atoms with Crippen molar-refractivity contribution in [2.45, 2.75) is 32.9 Å². The number of carbonyl (C=O) groups is 1. The van der Waals surface area contributed by atoms with E-state index >= 15 is 0 Å². The van der Waals surface area contributed by atoms with E-state index in [0.717, 1.165) is 29.8 Å². The Morgan fingerprint density at radius 2 is 1.88 bits per heavy atom. The van der Waals surface area contributed by atoms with Gasteiger partial charge in [-0.05, 0) is 50.7 Å². The Hall–Kier alpha value is -2.40. The third kappa shape index (κ3) is 6.15. The van der Waals surface area contributed by atoms with E-state index in [4.69, 9.17) is 0 Å². The Morgan fingerprint density at radius 3 is 2.50 bits per heavy atom. The van der Waals surface area contributed by atoms with Gasteiger partial charge in [-0.3, -0.25) is 4.98 Å². The summed E-state index contributed by atoms with van der Waals surface area (Å²) in [5.74, 6) is 0. The first-order valence-corrected chi connectivity index (χ1v) is 9.16. The molecular formula is C21H30N4O. The van der Waals surface area contributed by atoms with Crippen molar-refractivity contribution in [2.24, 2.45) is 0 Å². The van der Waals surface area contributed by atoms with Crippen molar-refractivity contribution in [3.05, 3.63) is 65.5 Å². The van der Waals surface area contributed by atoms with Gasteiger partial charge in [0.25, 0.3) is 0 Å². The van der Waals surface area contributed by atoms with Crippen LogP contribution in [0.3, 0.4) is 0 Å². The molecule has 1 N–H and O–H groups in total. The van der Waals surface area contributed by atoms with Crippen molar-refractivity contribution >= 4 is 6.03 Å². The van der Waals surface area contributed by atoms with Gasteiger partial charge in [-0.2, -0.15) is 0 Å². The second-order valence-electron chi connectivity index (χ2n) is 6.88. The van der Waals surface area contributed by atoms with Gasteiger partial charge in [-0.1, -0.05) is 37.3 Å². The fourth-order valence-electron chi connectivity index (χ4n) is 2.75. The summed E-state index contributed by atoms with van der Waals surface area (Å²) in [6.07, 6.45) is 2.60. The second-order valence-corrected chi connectivity index (χ2v) is 6.88. The largest absolute Gasteiger partial charge is 0.330 e. The predicted octanol–water partition coefficient (Wildman–Crippen LogP) is 3.61. The van der Waals surface area contributed by atoms with Crippen LogP contribution in [0.4, 0.5) is 4.79 Å². The number of nitrogens with zero attached hydrogens (tertiary/aromatic N) is 3. The Labute approximate surface area is 157 Å². The number of nitrogens with one attached hydrogen (secondary N) is 1. The highest BCUT2D eigenvalue weighted by atomic mass is 16.2. The summed E-state index contributed by atoms with van der Waals surface area (Å²) < 4.78 is 0. The average Bonchev–Trinajstić information content (AvgIpc) is 2.63. The normalized spacial score (nSPS) is 12.0. The number of pyridine rings is 1. The minimum Gasteiger partial charge on any atom is -0.330 e. The standard InChI is InChI=1S/C21H30N4O/c1-5-19(20-15-17(2)11-12-22-20)23-21(26)25(14-13-24(3)4)16-18-9-7-6-8-10-18/h6-12,15,19H,5,13-14,16H2,1-4H3,(H,23,26). The third-order valence-electron chi connectivity index (χ3n) is 4.32. The van der Waals surface area contributed by atoms with Crippen LogP contribution in [0.1, 0.15) is 36.2 Å². The number of aromatic nitrogens is 1. The van der Waals surface area contributed by atoms with Gasteiger partial charge in [-0.15, -0.1) is 0 Å². The zero-order chi connectivity index (χ0) is 18.9. The van der Waals surface area contributed by atoms with Crippen molar-refractivity contribution in [1.82, 2.24) is 20.1 Å². The van der Waals surface area contributed by atoms with Crippen LogP contribution in [0.5, 0.6) is 0 Å². The SMILES string of the molecule is CCC(NC(=O)N(CCN(C)C)Cc1ccccc1)c1cc(C)ccn1. The minimum atomic E-state index is -0.0833. The maximum Gasteiger partial charge on any atom is 0.318 e. The number of urea groups is 1. The van der Waals surface area contributed by atoms with Gasteiger partial charge < -0.3 is 15.1 Å². The smallest absolute Gasteiger partial charge is 0.318 e. The van der Waals surface area contributed by atoms with Crippen LogP contribution in [0, 0.1) is 6.92 Å². The van der Waals surface area contributed by atoms with Gasteiger partial charge in [0.05, 0.1) is 11.7 Å². The number of carbonyl (C=O) groups excluding carboxylic acids is 1. The molecule has 2 amide bonds. The monoisotopic (exact) mass is 354 g/mol. The number of likely N-dealkylation sites (N-methyl/N-ethyl adjacent to an activating group) is 1. The number of hydrogen-bond acceptors (Lipinski definition) is 3. The number of hydrogen-bond donors (Lipinski definition) is 1. The Balaban J connectivity index is 2.10. The maximum atomic E-state index is 13.0. The van der Waals surface area contributed by atoms with Crippen molar-refractivity contribution in [3.63, 3.8) is 0 Å². The van der Waals surface area contributed by atoms with E-state index in [0.29, 0.717) is 13.1 Å². The lowest BCUT2D eigenvalue weighted by Gasteiger charge is -2.27. The molecule has 0 aliphatic rings. The predicted molar refractivity (Wildman–Crippen MR) is 106 cm³/mol.